The summed E-state index contributed by atoms with van der Waals surface area (Å²) in [6, 6.07) is 12.8. The summed E-state index contributed by atoms with van der Waals surface area (Å²) in [5.74, 6) is 0. The molecule has 2 nitrogen and oxygen atoms in total. The van der Waals surface area contributed by atoms with Gasteiger partial charge in [0.25, 0.3) is 0 Å². The van der Waals surface area contributed by atoms with Gasteiger partial charge < -0.3 is 10.6 Å². The first kappa shape index (κ1) is 16.0. The largest absolute Gasteiger partial charge is 0.378 e. The van der Waals surface area contributed by atoms with Gasteiger partial charge in [0.1, 0.15) is 0 Å². The Kier molecular flexibility index (Phi) is 6.32. The van der Waals surface area contributed by atoms with E-state index in [9.17, 15) is 0 Å². The molecule has 0 atom stereocenters. The van der Waals surface area contributed by atoms with Crippen molar-refractivity contribution in [1.29, 1.82) is 0 Å². The third-order valence-electron chi connectivity index (χ3n) is 2.64. The van der Waals surface area contributed by atoms with Gasteiger partial charge in [0.2, 0.25) is 0 Å². The fourth-order valence-corrected chi connectivity index (χ4v) is 1.69. The van der Waals surface area contributed by atoms with Gasteiger partial charge in [0.05, 0.1) is 0 Å². The smallest absolute Gasteiger partial charge is 0.0367 e. The topological polar surface area (TPSA) is 29.3 Å². The molecule has 2 rings (SSSR count). The molecule has 2 aromatic carbocycles. The molecule has 17 heavy (non-hydrogen) atoms. The second-order valence-electron chi connectivity index (χ2n) is 3.96. The first-order valence-electron chi connectivity index (χ1n) is 5.11. The molecule has 94 valence electrons. The van der Waals surface area contributed by atoms with E-state index < -0.39 is 0 Å². The highest BCUT2D eigenvalue weighted by molar-refractivity contribution is 5.86. The minimum atomic E-state index is 0. The van der Waals surface area contributed by atoms with E-state index in [1.54, 1.807) is 0 Å². The first-order valence-corrected chi connectivity index (χ1v) is 5.11. The molecule has 0 saturated heterocycles. The maximum atomic E-state index is 5.61. The number of halogens is 2. The number of hydrogen-bond acceptors (Lipinski definition) is 2. The quantitative estimate of drug-likeness (QED) is 0.910. The van der Waals surface area contributed by atoms with Crippen LogP contribution in [-0.2, 0) is 6.54 Å². The molecule has 0 aliphatic carbocycles. The molecule has 0 aliphatic heterocycles. The van der Waals surface area contributed by atoms with E-state index in [-0.39, 0.29) is 24.8 Å². The van der Waals surface area contributed by atoms with Crippen molar-refractivity contribution in [2.24, 2.45) is 5.73 Å². The van der Waals surface area contributed by atoms with Crippen molar-refractivity contribution in [3.8, 4) is 0 Å². The number of nitrogens with two attached hydrogens (primary N) is 1. The van der Waals surface area contributed by atoms with Gasteiger partial charge in [-0.1, -0.05) is 18.2 Å². The molecular formula is C13H18Cl2N2. The molecule has 0 aliphatic rings. The van der Waals surface area contributed by atoms with E-state index in [1.807, 2.05) is 0 Å². The summed E-state index contributed by atoms with van der Waals surface area (Å²) in [5, 5.41) is 2.52. The lowest BCUT2D eigenvalue weighted by Gasteiger charge is -2.13. The van der Waals surface area contributed by atoms with Crippen LogP contribution < -0.4 is 10.6 Å². The van der Waals surface area contributed by atoms with Crippen LogP contribution in [0.15, 0.2) is 36.4 Å². The van der Waals surface area contributed by atoms with E-state index in [2.05, 4.69) is 55.4 Å². The van der Waals surface area contributed by atoms with Crippen LogP contribution >= 0.6 is 24.8 Å². The Hall–Kier alpha value is -0.960. The van der Waals surface area contributed by atoms with Crippen molar-refractivity contribution in [1.82, 2.24) is 0 Å². The zero-order valence-corrected chi connectivity index (χ0v) is 11.6. The summed E-state index contributed by atoms with van der Waals surface area (Å²) in [6.45, 7) is 0.603. The van der Waals surface area contributed by atoms with E-state index in [4.69, 9.17) is 5.73 Å². The molecule has 2 aromatic rings. The molecule has 0 amide bonds. The SMILES string of the molecule is CN(C)c1ccc2cc(CN)ccc2c1.Cl.Cl. The lowest BCUT2D eigenvalue weighted by molar-refractivity contribution is 1.08. The lowest BCUT2D eigenvalue weighted by atomic mass is 10.1. The number of benzene rings is 2. The van der Waals surface area contributed by atoms with Gasteiger partial charge in [0.15, 0.2) is 0 Å². The molecule has 0 saturated carbocycles. The van der Waals surface area contributed by atoms with E-state index in [0.29, 0.717) is 6.54 Å². The summed E-state index contributed by atoms with van der Waals surface area (Å²) in [4.78, 5) is 2.11. The summed E-state index contributed by atoms with van der Waals surface area (Å²) < 4.78 is 0. The van der Waals surface area contributed by atoms with Crippen LogP contribution in [-0.4, -0.2) is 14.1 Å². The van der Waals surface area contributed by atoms with Gasteiger partial charge in [-0.2, -0.15) is 0 Å². The maximum absolute atomic E-state index is 5.61. The molecular weight excluding hydrogens is 255 g/mol. The molecule has 0 unspecified atom stereocenters. The molecule has 0 spiro atoms. The predicted octanol–water partition coefficient (Wildman–Crippen LogP) is 3.21. The summed E-state index contributed by atoms with van der Waals surface area (Å²) in [5.41, 5.74) is 8.02. The Morgan fingerprint density at radius 3 is 2.12 bits per heavy atom. The van der Waals surface area contributed by atoms with Gasteiger partial charge in [-0.15, -0.1) is 24.8 Å². The third kappa shape index (κ3) is 3.50. The predicted molar refractivity (Wildman–Crippen MR) is 80.7 cm³/mol. The van der Waals surface area contributed by atoms with Crippen LogP contribution in [0.2, 0.25) is 0 Å². The molecule has 4 heteroatoms. The Bertz CT molecular complexity index is 484. The number of nitrogens with zero attached hydrogens (tertiary/aromatic N) is 1. The van der Waals surface area contributed by atoms with Crippen LogP contribution in [0.3, 0.4) is 0 Å². The van der Waals surface area contributed by atoms with Gasteiger partial charge in [-0.25, -0.2) is 0 Å². The Balaban J connectivity index is 0.00000128. The fraction of sp³-hybridized carbons (Fsp3) is 0.231. The average Bonchev–Trinajstić information content (AvgIpc) is 2.27. The second kappa shape index (κ2) is 6.70. The van der Waals surface area contributed by atoms with Gasteiger partial charge >= 0.3 is 0 Å². The van der Waals surface area contributed by atoms with Crippen LogP contribution in [0.5, 0.6) is 0 Å². The monoisotopic (exact) mass is 272 g/mol. The third-order valence-corrected chi connectivity index (χ3v) is 2.64. The molecule has 0 radical (unpaired) electrons. The minimum Gasteiger partial charge on any atom is -0.378 e. The van der Waals surface area contributed by atoms with Gasteiger partial charge in [-0.3, -0.25) is 0 Å². The van der Waals surface area contributed by atoms with Crippen LogP contribution in [0.4, 0.5) is 5.69 Å². The van der Waals surface area contributed by atoms with Crippen molar-refractivity contribution in [2.45, 2.75) is 6.54 Å². The number of fused-ring (bicyclic) bond motifs is 1. The van der Waals surface area contributed by atoms with Crippen molar-refractivity contribution in [3.05, 3.63) is 42.0 Å². The van der Waals surface area contributed by atoms with Gasteiger partial charge in [0, 0.05) is 26.3 Å². The second-order valence-corrected chi connectivity index (χ2v) is 3.96. The van der Waals surface area contributed by atoms with E-state index >= 15 is 0 Å². The van der Waals surface area contributed by atoms with Crippen LogP contribution in [0, 0.1) is 0 Å². The highest BCUT2D eigenvalue weighted by Crippen LogP contribution is 2.21. The average molecular weight is 273 g/mol. The van der Waals surface area contributed by atoms with E-state index in [1.165, 1.54) is 22.0 Å². The van der Waals surface area contributed by atoms with Crippen molar-refractivity contribution in [2.75, 3.05) is 19.0 Å². The molecule has 2 N–H and O–H groups in total. The van der Waals surface area contributed by atoms with Crippen LogP contribution in [0.1, 0.15) is 5.56 Å². The summed E-state index contributed by atoms with van der Waals surface area (Å²) in [6.07, 6.45) is 0. The summed E-state index contributed by atoms with van der Waals surface area (Å²) in [7, 11) is 4.10. The highest BCUT2D eigenvalue weighted by Gasteiger charge is 1.98. The Morgan fingerprint density at radius 2 is 1.53 bits per heavy atom. The normalized spacial score (nSPS) is 9.35. The highest BCUT2D eigenvalue weighted by atomic mass is 35.5. The van der Waals surface area contributed by atoms with Gasteiger partial charge in [-0.05, 0) is 34.5 Å². The number of rotatable bonds is 2. The number of anilines is 1. The molecule has 0 fully saturated rings. The van der Waals surface area contributed by atoms with Crippen molar-refractivity contribution < 1.29 is 0 Å². The lowest BCUT2D eigenvalue weighted by Crippen LogP contribution is -2.08. The zero-order valence-electron chi connectivity index (χ0n) is 10.0. The maximum Gasteiger partial charge on any atom is 0.0367 e. The fourth-order valence-electron chi connectivity index (χ4n) is 1.69. The summed E-state index contributed by atoms with van der Waals surface area (Å²) >= 11 is 0. The molecule has 0 heterocycles. The standard InChI is InChI=1S/C13H16N2.2ClH/c1-15(2)13-6-5-11-7-10(9-14)3-4-12(11)8-13;;/h3-8H,9,14H2,1-2H3;2*1H. The molecule has 0 aromatic heterocycles. The minimum absolute atomic E-state index is 0. The van der Waals surface area contributed by atoms with Crippen molar-refractivity contribution in [3.63, 3.8) is 0 Å². The first-order chi connectivity index (χ1) is 7.20. The Labute approximate surface area is 115 Å². The molecule has 0 bridgehead atoms. The van der Waals surface area contributed by atoms with Crippen LogP contribution in [0.25, 0.3) is 10.8 Å². The van der Waals surface area contributed by atoms with Crippen molar-refractivity contribution >= 4 is 41.3 Å². The number of hydrogen-bond donors (Lipinski definition) is 1. The van der Waals surface area contributed by atoms with E-state index in [0.717, 1.165) is 0 Å². The Morgan fingerprint density at radius 1 is 0.941 bits per heavy atom. The zero-order chi connectivity index (χ0) is 10.8.